The number of furan rings is 1. The van der Waals surface area contributed by atoms with E-state index in [1.165, 1.54) is 12.3 Å². The van der Waals surface area contributed by atoms with Gasteiger partial charge in [0.25, 0.3) is 0 Å². The summed E-state index contributed by atoms with van der Waals surface area (Å²) in [5.74, 6) is -0.481. The molecule has 3 aromatic heterocycles. The van der Waals surface area contributed by atoms with E-state index in [-0.39, 0.29) is 12.3 Å². The fourth-order valence-electron chi connectivity index (χ4n) is 2.28. The number of nitrogens with zero attached hydrogens (tertiary/aromatic N) is 3. The van der Waals surface area contributed by atoms with Gasteiger partial charge in [0, 0.05) is 6.20 Å². The van der Waals surface area contributed by atoms with Gasteiger partial charge in [-0.3, -0.25) is 9.20 Å². The number of amides is 1. The summed E-state index contributed by atoms with van der Waals surface area (Å²) in [4.78, 5) is 17.2. The molecule has 3 rings (SSSR count). The van der Waals surface area contributed by atoms with Crippen molar-refractivity contribution in [2.45, 2.75) is 17.9 Å². The first-order valence-electron chi connectivity index (χ1n) is 7.34. The van der Waals surface area contributed by atoms with Gasteiger partial charge < -0.3 is 9.32 Å². The second-order valence-electron chi connectivity index (χ2n) is 5.27. The number of hydrogen-bond acceptors (Lipinski definition) is 4. The maximum atomic E-state index is 12.8. The third-order valence-electron chi connectivity index (χ3n) is 3.38. The Kier molecular flexibility index (Phi) is 5.03. The number of halogens is 3. The summed E-state index contributed by atoms with van der Waals surface area (Å²) < 4.78 is 45.1. The van der Waals surface area contributed by atoms with Gasteiger partial charge in [-0.1, -0.05) is 17.8 Å². The SMILES string of the molecule is O=C(CSc1ncc2ccccn12)N(Cc1ccco1)CC(F)(F)F. The second kappa shape index (κ2) is 7.22. The molecule has 0 radical (unpaired) electrons. The molecule has 0 saturated carbocycles. The third kappa shape index (κ3) is 4.56. The first-order chi connectivity index (χ1) is 11.9. The fourth-order valence-corrected chi connectivity index (χ4v) is 3.15. The predicted molar refractivity (Wildman–Crippen MR) is 86.1 cm³/mol. The van der Waals surface area contributed by atoms with Crippen LogP contribution in [0.1, 0.15) is 5.76 Å². The maximum Gasteiger partial charge on any atom is 0.406 e. The highest BCUT2D eigenvalue weighted by Gasteiger charge is 2.33. The molecule has 0 aromatic carbocycles. The number of rotatable bonds is 6. The van der Waals surface area contributed by atoms with Crippen molar-refractivity contribution in [3.63, 3.8) is 0 Å². The highest BCUT2D eigenvalue weighted by atomic mass is 32.2. The highest BCUT2D eigenvalue weighted by molar-refractivity contribution is 7.99. The van der Waals surface area contributed by atoms with E-state index in [9.17, 15) is 18.0 Å². The lowest BCUT2D eigenvalue weighted by Gasteiger charge is -2.22. The normalized spacial score (nSPS) is 11.8. The van der Waals surface area contributed by atoms with E-state index in [4.69, 9.17) is 4.42 Å². The Hall–Kier alpha value is -2.42. The van der Waals surface area contributed by atoms with Crippen molar-refractivity contribution in [1.29, 1.82) is 0 Å². The molecule has 3 heterocycles. The van der Waals surface area contributed by atoms with Crippen LogP contribution in [-0.4, -0.2) is 38.7 Å². The number of pyridine rings is 1. The molecule has 0 aliphatic carbocycles. The van der Waals surface area contributed by atoms with Crippen LogP contribution in [0.2, 0.25) is 0 Å². The molecular formula is C16H14F3N3O2S. The summed E-state index contributed by atoms with van der Waals surface area (Å²) in [6.07, 6.45) is 0.304. The number of alkyl halides is 3. The van der Waals surface area contributed by atoms with Crippen LogP contribution >= 0.6 is 11.8 Å². The third-order valence-corrected chi connectivity index (χ3v) is 4.33. The van der Waals surface area contributed by atoms with Crippen LogP contribution < -0.4 is 0 Å². The Balaban J connectivity index is 1.69. The molecule has 0 N–H and O–H groups in total. The number of hydrogen-bond donors (Lipinski definition) is 0. The number of carbonyl (C=O) groups excluding carboxylic acids is 1. The molecule has 0 spiro atoms. The van der Waals surface area contributed by atoms with Crippen LogP contribution in [-0.2, 0) is 11.3 Å². The summed E-state index contributed by atoms with van der Waals surface area (Å²) in [6.45, 7) is -1.55. The molecule has 1 amide bonds. The van der Waals surface area contributed by atoms with Gasteiger partial charge >= 0.3 is 6.18 Å². The van der Waals surface area contributed by atoms with E-state index >= 15 is 0 Å². The Morgan fingerprint density at radius 3 is 2.84 bits per heavy atom. The molecule has 0 unspecified atom stereocenters. The molecule has 0 aliphatic heterocycles. The Morgan fingerprint density at radius 1 is 1.28 bits per heavy atom. The lowest BCUT2D eigenvalue weighted by molar-refractivity contribution is -0.161. The van der Waals surface area contributed by atoms with E-state index in [0.29, 0.717) is 10.9 Å². The first-order valence-corrected chi connectivity index (χ1v) is 8.33. The Labute approximate surface area is 145 Å². The molecule has 0 atom stereocenters. The molecule has 0 saturated heterocycles. The minimum Gasteiger partial charge on any atom is -0.467 e. The van der Waals surface area contributed by atoms with Crippen molar-refractivity contribution in [1.82, 2.24) is 14.3 Å². The van der Waals surface area contributed by atoms with Crippen LogP contribution in [0, 0.1) is 0 Å². The zero-order valence-corrected chi connectivity index (χ0v) is 13.8. The Morgan fingerprint density at radius 2 is 2.12 bits per heavy atom. The average molecular weight is 369 g/mol. The monoisotopic (exact) mass is 369 g/mol. The molecule has 9 heteroatoms. The lowest BCUT2D eigenvalue weighted by atomic mass is 10.3. The average Bonchev–Trinajstić information content (AvgIpc) is 3.20. The van der Waals surface area contributed by atoms with Crippen molar-refractivity contribution in [3.8, 4) is 0 Å². The van der Waals surface area contributed by atoms with Gasteiger partial charge in [0.1, 0.15) is 12.3 Å². The van der Waals surface area contributed by atoms with E-state index in [2.05, 4.69) is 4.98 Å². The van der Waals surface area contributed by atoms with Crippen LogP contribution in [0.25, 0.3) is 5.52 Å². The Bertz CT molecular complexity index is 846. The predicted octanol–water partition coefficient (Wildman–Crippen LogP) is 3.61. The summed E-state index contributed by atoms with van der Waals surface area (Å²) in [5, 5.41) is 0.550. The number of imidazole rings is 1. The summed E-state index contributed by atoms with van der Waals surface area (Å²) >= 11 is 1.09. The maximum absolute atomic E-state index is 12.8. The topological polar surface area (TPSA) is 50.8 Å². The first kappa shape index (κ1) is 17.4. The molecule has 3 aromatic rings. The van der Waals surface area contributed by atoms with Gasteiger partial charge in [0.05, 0.1) is 30.3 Å². The minimum atomic E-state index is -4.48. The second-order valence-corrected chi connectivity index (χ2v) is 6.21. The van der Waals surface area contributed by atoms with Crippen LogP contribution in [0.15, 0.2) is 58.6 Å². The van der Waals surface area contributed by atoms with Crippen molar-refractivity contribution < 1.29 is 22.4 Å². The van der Waals surface area contributed by atoms with Gasteiger partial charge in [0.15, 0.2) is 5.16 Å². The molecular weight excluding hydrogens is 355 g/mol. The molecule has 0 bridgehead atoms. The van der Waals surface area contributed by atoms with Gasteiger partial charge in [0.2, 0.25) is 5.91 Å². The van der Waals surface area contributed by atoms with Crippen LogP contribution in [0.5, 0.6) is 0 Å². The van der Waals surface area contributed by atoms with Crippen molar-refractivity contribution in [2.75, 3.05) is 12.3 Å². The standard InChI is InChI=1S/C16H14F3N3O2S/c17-16(18,19)11-21(9-13-5-3-7-24-13)14(23)10-25-15-20-8-12-4-1-2-6-22(12)15/h1-8H,9-11H2. The van der Waals surface area contributed by atoms with Gasteiger partial charge in [-0.05, 0) is 24.3 Å². The smallest absolute Gasteiger partial charge is 0.406 e. The van der Waals surface area contributed by atoms with E-state index in [1.807, 2.05) is 18.2 Å². The molecule has 25 heavy (non-hydrogen) atoms. The van der Waals surface area contributed by atoms with E-state index < -0.39 is 18.6 Å². The number of carbonyl (C=O) groups is 1. The van der Waals surface area contributed by atoms with Crippen molar-refractivity contribution in [3.05, 3.63) is 54.7 Å². The highest BCUT2D eigenvalue weighted by Crippen LogP contribution is 2.22. The molecule has 0 aliphatic rings. The number of fused-ring (bicyclic) bond motifs is 1. The zero-order chi connectivity index (χ0) is 17.9. The summed E-state index contributed by atoms with van der Waals surface area (Å²) in [7, 11) is 0. The molecule has 0 fully saturated rings. The fraction of sp³-hybridized carbons (Fsp3) is 0.250. The minimum absolute atomic E-state index is 0.148. The molecule has 5 nitrogen and oxygen atoms in total. The van der Waals surface area contributed by atoms with Gasteiger partial charge in [-0.2, -0.15) is 13.2 Å². The van der Waals surface area contributed by atoms with Gasteiger partial charge in [-0.15, -0.1) is 0 Å². The van der Waals surface area contributed by atoms with Crippen molar-refractivity contribution >= 4 is 23.2 Å². The summed E-state index contributed by atoms with van der Waals surface area (Å²) in [6, 6.07) is 8.62. The largest absolute Gasteiger partial charge is 0.467 e. The zero-order valence-electron chi connectivity index (χ0n) is 12.9. The summed E-state index contributed by atoms with van der Waals surface area (Å²) in [5.41, 5.74) is 0.847. The molecule has 132 valence electrons. The van der Waals surface area contributed by atoms with E-state index in [1.54, 1.807) is 22.9 Å². The quantitative estimate of drug-likeness (QED) is 0.623. The van der Waals surface area contributed by atoms with Gasteiger partial charge in [-0.25, -0.2) is 4.98 Å². The lowest BCUT2D eigenvalue weighted by Crippen LogP contribution is -2.39. The number of aromatic nitrogens is 2. The van der Waals surface area contributed by atoms with Crippen molar-refractivity contribution in [2.24, 2.45) is 0 Å². The van der Waals surface area contributed by atoms with Crippen LogP contribution in [0.4, 0.5) is 13.2 Å². The number of thioether (sulfide) groups is 1. The van der Waals surface area contributed by atoms with E-state index in [0.717, 1.165) is 22.2 Å². The van der Waals surface area contributed by atoms with Crippen LogP contribution in [0.3, 0.4) is 0 Å².